The SMILES string of the molecule is O=c1[nH]cc(-c2cc(N3CC(C(F)F)C3)c3nccn3n2)c(=O)[nH]1. The number of nitrogens with zero attached hydrogens (tertiary/aromatic N) is 4. The molecule has 1 saturated heterocycles. The molecule has 1 aliphatic rings. The molecule has 0 aliphatic carbocycles. The predicted octanol–water partition coefficient (Wildman–Crippen LogP) is 0.474. The van der Waals surface area contributed by atoms with Gasteiger partial charge in [-0.05, 0) is 6.07 Å². The molecule has 4 rings (SSSR count). The minimum absolute atomic E-state index is 0.178. The van der Waals surface area contributed by atoms with E-state index in [-0.39, 0.29) is 18.7 Å². The number of imidazole rings is 1. The van der Waals surface area contributed by atoms with E-state index in [1.807, 2.05) is 0 Å². The van der Waals surface area contributed by atoms with Crippen molar-refractivity contribution >= 4 is 11.3 Å². The first kappa shape index (κ1) is 14.5. The number of H-pyrrole nitrogens is 2. The highest BCUT2D eigenvalue weighted by Gasteiger charge is 2.35. The zero-order chi connectivity index (χ0) is 16.8. The maximum absolute atomic E-state index is 12.7. The lowest BCUT2D eigenvalue weighted by Crippen LogP contribution is -2.50. The maximum Gasteiger partial charge on any atom is 0.325 e. The molecule has 0 atom stereocenters. The number of hydrogen-bond acceptors (Lipinski definition) is 5. The Hall–Kier alpha value is -3.04. The number of anilines is 1. The number of hydrogen-bond donors (Lipinski definition) is 2. The summed E-state index contributed by atoms with van der Waals surface area (Å²) < 4.78 is 26.9. The average Bonchev–Trinajstić information content (AvgIpc) is 2.93. The second-order valence-corrected chi connectivity index (χ2v) is 5.60. The first-order valence-electron chi connectivity index (χ1n) is 7.23. The molecule has 0 bridgehead atoms. The minimum Gasteiger partial charge on any atom is -0.367 e. The quantitative estimate of drug-likeness (QED) is 0.726. The third kappa shape index (κ3) is 2.27. The van der Waals surface area contributed by atoms with Gasteiger partial charge in [-0.1, -0.05) is 0 Å². The first-order valence-corrected chi connectivity index (χ1v) is 7.23. The van der Waals surface area contributed by atoms with Crippen LogP contribution in [0.2, 0.25) is 0 Å². The largest absolute Gasteiger partial charge is 0.367 e. The van der Waals surface area contributed by atoms with E-state index in [4.69, 9.17) is 0 Å². The van der Waals surface area contributed by atoms with E-state index < -0.39 is 23.6 Å². The highest BCUT2D eigenvalue weighted by atomic mass is 19.3. The summed E-state index contributed by atoms with van der Waals surface area (Å²) >= 11 is 0. The number of alkyl halides is 2. The molecule has 0 spiro atoms. The molecular formula is C14H12F2N6O2. The predicted molar refractivity (Wildman–Crippen MR) is 81.4 cm³/mol. The fourth-order valence-electron chi connectivity index (χ4n) is 2.73. The number of halogens is 2. The molecular weight excluding hydrogens is 322 g/mol. The summed E-state index contributed by atoms with van der Waals surface area (Å²) in [6, 6.07) is 1.62. The van der Waals surface area contributed by atoms with Gasteiger partial charge in [-0.15, -0.1) is 0 Å². The van der Waals surface area contributed by atoms with Gasteiger partial charge < -0.3 is 9.88 Å². The molecule has 1 fully saturated rings. The fraction of sp³-hybridized carbons (Fsp3) is 0.286. The monoisotopic (exact) mass is 334 g/mol. The standard InChI is InChI=1S/C14H12F2N6O2/c15-11(16)7-5-21(6-7)10-3-9(20-22-2-1-17-12(10)22)8-4-18-14(24)19-13(8)23/h1-4,7,11H,5-6H2,(H2,18,19,23,24). The van der Waals surface area contributed by atoms with Crippen LogP contribution in [-0.4, -0.2) is 44.1 Å². The molecule has 24 heavy (non-hydrogen) atoms. The highest BCUT2D eigenvalue weighted by Crippen LogP contribution is 2.32. The summed E-state index contributed by atoms with van der Waals surface area (Å²) in [5.41, 5.74) is 0.437. The molecule has 4 heterocycles. The summed E-state index contributed by atoms with van der Waals surface area (Å²) in [6.07, 6.45) is 2.05. The van der Waals surface area contributed by atoms with Crippen molar-refractivity contribution < 1.29 is 8.78 Å². The van der Waals surface area contributed by atoms with Crippen LogP contribution in [0, 0.1) is 5.92 Å². The molecule has 3 aromatic heterocycles. The Morgan fingerprint density at radius 3 is 2.79 bits per heavy atom. The van der Waals surface area contributed by atoms with Crippen LogP contribution in [-0.2, 0) is 0 Å². The van der Waals surface area contributed by atoms with E-state index in [9.17, 15) is 18.4 Å². The van der Waals surface area contributed by atoms with Crippen LogP contribution in [0.1, 0.15) is 0 Å². The number of fused-ring (bicyclic) bond motifs is 1. The van der Waals surface area contributed by atoms with Gasteiger partial charge in [-0.3, -0.25) is 9.78 Å². The zero-order valence-electron chi connectivity index (χ0n) is 12.2. The van der Waals surface area contributed by atoms with E-state index in [0.717, 1.165) is 0 Å². The van der Waals surface area contributed by atoms with Crippen molar-refractivity contribution in [2.45, 2.75) is 6.43 Å². The van der Waals surface area contributed by atoms with Crippen molar-refractivity contribution in [2.75, 3.05) is 18.0 Å². The van der Waals surface area contributed by atoms with Gasteiger partial charge in [0.05, 0.1) is 17.2 Å². The summed E-state index contributed by atoms with van der Waals surface area (Å²) in [5, 5.41) is 4.29. The van der Waals surface area contributed by atoms with Gasteiger partial charge in [0.25, 0.3) is 5.56 Å². The smallest absolute Gasteiger partial charge is 0.325 e. The molecule has 0 amide bonds. The van der Waals surface area contributed by atoms with Gasteiger partial charge >= 0.3 is 5.69 Å². The van der Waals surface area contributed by atoms with Crippen LogP contribution in [0.4, 0.5) is 14.5 Å². The Morgan fingerprint density at radius 1 is 1.29 bits per heavy atom. The number of rotatable bonds is 3. The third-order valence-corrected chi connectivity index (χ3v) is 4.04. The molecule has 0 unspecified atom stereocenters. The van der Waals surface area contributed by atoms with Crippen LogP contribution in [0.5, 0.6) is 0 Å². The molecule has 3 aromatic rings. The van der Waals surface area contributed by atoms with Gasteiger partial charge in [0, 0.05) is 31.7 Å². The summed E-state index contributed by atoms with van der Waals surface area (Å²) in [6.45, 7) is 0.428. The number of aromatic amines is 2. The Bertz CT molecular complexity index is 1020. The topological polar surface area (TPSA) is 99.2 Å². The van der Waals surface area contributed by atoms with E-state index >= 15 is 0 Å². The van der Waals surface area contributed by atoms with Crippen LogP contribution < -0.4 is 16.1 Å². The van der Waals surface area contributed by atoms with Crippen molar-refractivity contribution in [2.24, 2.45) is 5.92 Å². The molecule has 0 radical (unpaired) electrons. The molecule has 0 saturated carbocycles. The number of nitrogens with one attached hydrogen (secondary N) is 2. The van der Waals surface area contributed by atoms with E-state index in [1.54, 1.807) is 17.2 Å². The van der Waals surface area contributed by atoms with Gasteiger partial charge in [0.1, 0.15) is 5.69 Å². The van der Waals surface area contributed by atoms with Crippen molar-refractivity contribution in [3.63, 3.8) is 0 Å². The Labute approximate surface area is 132 Å². The van der Waals surface area contributed by atoms with Crippen LogP contribution >= 0.6 is 0 Å². The van der Waals surface area contributed by atoms with E-state index in [0.29, 0.717) is 17.0 Å². The zero-order valence-corrected chi connectivity index (χ0v) is 12.2. The minimum atomic E-state index is -2.36. The lowest BCUT2D eigenvalue weighted by Gasteiger charge is -2.40. The molecule has 2 N–H and O–H groups in total. The lowest BCUT2D eigenvalue weighted by atomic mass is 10.00. The summed E-state index contributed by atoms with van der Waals surface area (Å²) in [4.78, 5) is 33.6. The second kappa shape index (κ2) is 5.25. The molecule has 1 aliphatic heterocycles. The normalized spacial score (nSPS) is 15.2. The maximum atomic E-state index is 12.7. The fourth-order valence-corrected chi connectivity index (χ4v) is 2.73. The number of aromatic nitrogens is 5. The Balaban J connectivity index is 1.81. The lowest BCUT2D eigenvalue weighted by molar-refractivity contribution is 0.0615. The van der Waals surface area contributed by atoms with Crippen LogP contribution in [0.15, 0.2) is 34.2 Å². The average molecular weight is 334 g/mol. The van der Waals surface area contributed by atoms with Gasteiger partial charge in [-0.2, -0.15) is 5.10 Å². The molecule has 10 heteroatoms. The Morgan fingerprint density at radius 2 is 2.08 bits per heavy atom. The van der Waals surface area contributed by atoms with Crippen LogP contribution in [0.3, 0.4) is 0 Å². The molecule has 0 aromatic carbocycles. The Kier molecular flexibility index (Phi) is 3.18. The highest BCUT2D eigenvalue weighted by molar-refractivity contribution is 5.75. The summed E-state index contributed by atoms with van der Waals surface area (Å²) in [7, 11) is 0. The molecule has 8 nitrogen and oxygen atoms in total. The van der Waals surface area contributed by atoms with Crippen molar-refractivity contribution in [1.82, 2.24) is 24.6 Å². The van der Waals surface area contributed by atoms with Gasteiger partial charge in [-0.25, -0.2) is 23.1 Å². The first-order chi connectivity index (χ1) is 11.5. The van der Waals surface area contributed by atoms with E-state index in [1.165, 1.54) is 16.9 Å². The third-order valence-electron chi connectivity index (χ3n) is 4.04. The van der Waals surface area contributed by atoms with Gasteiger partial charge in [0.15, 0.2) is 5.65 Å². The van der Waals surface area contributed by atoms with Crippen molar-refractivity contribution in [3.8, 4) is 11.3 Å². The van der Waals surface area contributed by atoms with Crippen molar-refractivity contribution in [1.29, 1.82) is 0 Å². The molecule has 124 valence electrons. The van der Waals surface area contributed by atoms with Crippen molar-refractivity contribution in [3.05, 3.63) is 45.5 Å². The second-order valence-electron chi connectivity index (χ2n) is 5.60. The summed E-state index contributed by atoms with van der Waals surface area (Å²) in [5.74, 6) is -0.673. The van der Waals surface area contributed by atoms with E-state index in [2.05, 4.69) is 20.1 Å². The van der Waals surface area contributed by atoms with Gasteiger partial charge in [0.2, 0.25) is 6.43 Å². The van der Waals surface area contributed by atoms with Crippen LogP contribution in [0.25, 0.3) is 16.9 Å².